The van der Waals surface area contributed by atoms with Gasteiger partial charge in [0, 0.05) is 22.2 Å². The van der Waals surface area contributed by atoms with E-state index in [4.69, 9.17) is 21.5 Å². The van der Waals surface area contributed by atoms with Crippen LogP contribution in [0, 0.1) is 0 Å². The molecule has 10 heteroatoms. The number of nitrogens with two attached hydrogens (primary N) is 1. The standard InChI is InChI=1S/C21H22ClN3O5S/c1-3-30-19(26)11-15-14-6-4-5-7-17(14)25-20(15)12(2)24-21(27)13-8-9-16(22)18(10-13)31(23,28)29/h4-10,12,25H,3,11H2,1-2H3,(H,24,27)(H2,23,28,29). The molecule has 3 aromatic rings. The molecule has 1 aromatic heterocycles. The second-order valence-corrected chi connectivity index (χ2v) is 8.87. The SMILES string of the molecule is CCOC(=O)Cc1c(C(C)NC(=O)c2ccc(Cl)c(S(N)(=O)=O)c2)[nH]c2ccccc12. The third-order valence-corrected chi connectivity index (χ3v) is 6.15. The molecule has 4 N–H and O–H groups in total. The fraction of sp³-hybridized carbons (Fsp3) is 0.238. The summed E-state index contributed by atoms with van der Waals surface area (Å²) in [7, 11) is -4.08. The number of ether oxygens (including phenoxy) is 1. The highest BCUT2D eigenvalue weighted by Gasteiger charge is 2.22. The molecular formula is C21H22ClN3O5S. The summed E-state index contributed by atoms with van der Waals surface area (Å²) in [6.45, 7) is 3.76. The minimum atomic E-state index is -4.08. The number of para-hydroxylation sites is 1. The first kappa shape index (κ1) is 22.8. The maximum atomic E-state index is 12.8. The van der Waals surface area contributed by atoms with Crippen LogP contribution in [-0.4, -0.2) is 31.9 Å². The molecule has 0 radical (unpaired) electrons. The fourth-order valence-corrected chi connectivity index (χ4v) is 4.42. The average Bonchev–Trinajstić information content (AvgIpc) is 3.06. The van der Waals surface area contributed by atoms with Gasteiger partial charge in [-0.05, 0) is 43.7 Å². The van der Waals surface area contributed by atoms with E-state index in [2.05, 4.69) is 10.3 Å². The number of nitrogens with one attached hydrogen (secondary N) is 2. The largest absolute Gasteiger partial charge is 0.466 e. The molecule has 0 fully saturated rings. The second kappa shape index (κ2) is 9.09. The monoisotopic (exact) mass is 463 g/mol. The maximum absolute atomic E-state index is 12.8. The van der Waals surface area contributed by atoms with Crippen LogP contribution in [0.25, 0.3) is 10.9 Å². The van der Waals surface area contributed by atoms with Crippen molar-refractivity contribution in [3.05, 3.63) is 64.3 Å². The summed E-state index contributed by atoms with van der Waals surface area (Å²) < 4.78 is 28.5. The van der Waals surface area contributed by atoms with E-state index in [0.717, 1.165) is 22.5 Å². The third-order valence-electron chi connectivity index (χ3n) is 4.75. The van der Waals surface area contributed by atoms with Crippen molar-refractivity contribution in [2.24, 2.45) is 5.14 Å². The Hall–Kier alpha value is -2.88. The van der Waals surface area contributed by atoms with E-state index in [1.54, 1.807) is 13.8 Å². The van der Waals surface area contributed by atoms with Gasteiger partial charge in [-0.2, -0.15) is 0 Å². The number of primary sulfonamides is 1. The highest BCUT2D eigenvalue weighted by Crippen LogP contribution is 2.28. The zero-order chi connectivity index (χ0) is 22.8. The van der Waals surface area contributed by atoms with Crippen LogP contribution in [0.1, 0.15) is 41.5 Å². The lowest BCUT2D eigenvalue weighted by Crippen LogP contribution is -2.28. The molecule has 0 aliphatic heterocycles. The molecule has 0 aliphatic rings. The number of sulfonamides is 1. The van der Waals surface area contributed by atoms with Gasteiger partial charge in [0.1, 0.15) is 4.90 Å². The topological polar surface area (TPSA) is 131 Å². The van der Waals surface area contributed by atoms with Crippen LogP contribution in [0.4, 0.5) is 0 Å². The smallest absolute Gasteiger partial charge is 0.310 e. The Morgan fingerprint density at radius 3 is 2.61 bits per heavy atom. The van der Waals surface area contributed by atoms with Gasteiger partial charge in [0.25, 0.3) is 5.91 Å². The lowest BCUT2D eigenvalue weighted by atomic mass is 10.0. The van der Waals surface area contributed by atoms with Gasteiger partial charge in [-0.3, -0.25) is 9.59 Å². The molecule has 164 valence electrons. The predicted octanol–water partition coefficient (Wildman–Crippen LogP) is 3.07. The molecule has 1 amide bonds. The summed E-state index contributed by atoms with van der Waals surface area (Å²) in [5.74, 6) is -0.891. The van der Waals surface area contributed by atoms with E-state index in [-0.39, 0.29) is 34.5 Å². The number of halogens is 1. The number of fused-ring (bicyclic) bond motifs is 1. The first-order valence-corrected chi connectivity index (χ1v) is 11.4. The van der Waals surface area contributed by atoms with Crippen LogP contribution < -0.4 is 10.5 Å². The van der Waals surface area contributed by atoms with Gasteiger partial charge < -0.3 is 15.0 Å². The van der Waals surface area contributed by atoms with E-state index < -0.39 is 22.0 Å². The molecule has 31 heavy (non-hydrogen) atoms. The van der Waals surface area contributed by atoms with Crippen LogP contribution in [0.2, 0.25) is 5.02 Å². The van der Waals surface area contributed by atoms with Gasteiger partial charge in [-0.15, -0.1) is 0 Å². The third kappa shape index (κ3) is 5.07. The van der Waals surface area contributed by atoms with Crippen molar-refractivity contribution in [2.45, 2.75) is 31.2 Å². The van der Waals surface area contributed by atoms with Crippen molar-refractivity contribution in [3.63, 3.8) is 0 Å². The quantitative estimate of drug-likeness (QED) is 0.463. The number of carbonyl (C=O) groups excluding carboxylic acids is 2. The van der Waals surface area contributed by atoms with Crippen LogP contribution >= 0.6 is 11.6 Å². The molecule has 1 heterocycles. The molecule has 0 aliphatic carbocycles. The lowest BCUT2D eigenvalue weighted by Gasteiger charge is -2.16. The number of aromatic nitrogens is 1. The fourth-order valence-electron chi connectivity index (χ4n) is 3.35. The zero-order valence-electron chi connectivity index (χ0n) is 16.9. The maximum Gasteiger partial charge on any atom is 0.310 e. The van der Waals surface area contributed by atoms with E-state index >= 15 is 0 Å². The number of rotatable bonds is 7. The molecule has 0 bridgehead atoms. The van der Waals surface area contributed by atoms with Crippen molar-refractivity contribution in [3.8, 4) is 0 Å². The van der Waals surface area contributed by atoms with Crippen molar-refractivity contribution in [1.29, 1.82) is 0 Å². The number of amides is 1. The molecule has 0 saturated heterocycles. The van der Waals surface area contributed by atoms with Crippen LogP contribution in [0.15, 0.2) is 47.4 Å². The summed E-state index contributed by atoms with van der Waals surface area (Å²) in [5, 5.41) is 8.76. The van der Waals surface area contributed by atoms with E-state index in [1.165, 1.54) is 12.1 Å². The molecular weight excluding hydrogens is 442 g/mol. The number of esters is 1. The number of H-pyrrole nitrogens is 1. The molecule has 8 nitrogen and oxygen atoms in total. The first-order valence-electron chi connectivity index (χ1n) is 9.50. The average molecular weight is 464 g/mol. The predicted molar refractivity (Wildman–Crippen MR) is 117 cm³/mol. The Morgan fingerprint density at radius 2 is 1.94 bits per heavy atom. The normalized spacial score (nSPS) is 12.5. The summed E-state index contributed by atoms with van der Waals surface area (Å²) >= 11 is 5.89. The zero-order valence-corrected chi connectivity index (χ0v) is 18.5. The summed E-state index contributed by atoms with van der Waals surface area (Å²) in [4.78, 5) is 27.8. The molecule has 2 aromatic carbocycles. The number of carbonyl (C=O) groups is 2. The Balaban J connectivity index is 1.92. The van der Waals surface area contributed by atoms with Gasteiger partial charge in [0.15, 0.2) is 0 Å². The Morgan fingerprint density at radius 1 is 1.23 bits per heavy atom. The highest BCUT2D eigenvalue weighted by atomic mass is 35.5. The van der Waals surface area contributed by atoms with E-state index in [1.807, 2.05) is 24.3 Å². The van der Waals surface area contributed by atoms with Gasteiger partial charge >= 0.3 is 5.97 Å². The van der Waals surface area contributed by atoms with Crippen LogP contribution in [-0.2, 0) is 26.0 Å². The Labute approximate surface area is 184 Å². The van der Waals surface area contributed by atoms with Gasteiger partial charge in [0.05, 0.1) is 24.1 Å². The number of hydrogen-bond acceptors (Lipinski definition) is 5. The minimum absolute atomic E-state index is 0.0455. The highest BCUT2D eigenvalue weighted by molar-refractivity contribution is 7.89. The van der Waals surface area contributed by atoms with E-state index in [9.17, 15) is 18.0 Å². The second-order valence-electron chi connectivity index (χ2n) is 6.93. The van der Waals surface area contributed by atoms with Crippen molar-refractivity contribution in [1.82, 2.24) is 10.3 Å². The number of aromatic amines is 1. The molecule has 1 atom stereocenters. The molecule has 0 spiro atoms. The van der Waals surface area contributed by atoms with Gasteiger partial charge in [-0.25, -0.2) is 13.6 Å². The minimum Gasteiger partial charge on any atom is -0.466 e. The van der Waals surface area contributed by atoms with Crippen molar-refractivity contribution in [2.75, 3.05) is 6.61 Å². The summed E-state index contributed by atoms with van der Waals surface area (Å²) in [6, 6.07) is 10.8. The molecule has 3 rings (SSSR count). The first-order chi connectivity index (χ1) is 14.6. The van der Waals surface area contributed by atoms with Gasteiger partial charge in [0.2, 0.25) is 10.0 Å². The summed E-state index contributed by atoms with van der Waals surface area (Å²) in [6.07, 6.45) is 0.0455. The Kier molecular flexibility index (Phi) is 6.68. The van der Waals surface area contributed by atoms with Crippen molar-refractivity contribution >= 4 is 44.4 Å². The van der Waals surface area contributed by atoms with Crippen LogP contribution in [0.5, 0.6) is 0 Å². The van der Waals surface area contributed by atoms with Gasteiger partial charge in [-0.1, -0.05) is 29.8 Å². The molecule has 1 unspecified atom stereocenters. The number of hydrogen-bond donors (Lipinski definition) is 3. The Bertz CT molecular complexity index is 1250. The lowest BCUT2D eigenvalue weighted by molar-refractivity contribution is -0.142. The number of benzene rings is 2. The van der Waals surface area contributed by atoms with E-state index in [0.29, 0.717) is 5.69 Å². The van der Waals surface area contributed by atoms with Crippen molar-refractivity contribution < 1.29 is 22.7 Å². The molecule has 0 saturated carbocycles. The summed E-state index contributed by atoms with van der Waals surface area (Å²) in [5.41, 5.74) is 2.29. The van der Waals surface area contributed by atoms with Crippen LogP contribution in [0.3, 0.4) is 0 Å².